The van der Waals surface area contributed by atoms with Crippen LogP contribution in [0.4, 0.5) is 0 Å². The predicted octanol–water partition coefficient (Wildman–Crippen LogP) is 3.70. The summed E-state index contributed by atoms with van der Waals surface area (Å²) in [5.41, 5.74) is 2.47. The minimum atomic E-state index is 0.778. The maximum Gasteiger partial charge on any atom is 0.0250 e. The Balaban J connectivity index is 2.94. The van der Waals surface area contributed by atoms with E-state index in [0.717, 1.165) is 10.2 Å². The minimum Gasteiger partial charge on any atom is -0.175 e. The highest BCUT2D eigenvalue weighted by atomic mass is 79.9. The Hall–Kier alpha value is -0.210. The first-order chi connectivity index (χ1) is 5.74. The fraction of sp³-hybridized carbons (Fsp3) is 0.200. The van der Waals surface area contributed by atoms with Crippen LogP contribution in [-0.4, -0.2) is 5.75 Å². The Morgan fingerprint density at radius 2 is 2.25 bits per heavy atom. The van der Waals surface area contributed by atoms with Crippen LogP contribution in [0.15, 0.2) is 28.7 Å². The third kappa shape index (κ3) is 2.68. The van der Waals surface area contributed by atoms with Crippen LogP contribution in [0.2, 0.25) is 0 Å². The van der Waals surface area contributed by atoms with Crippen LogP contribution in [0.3, 0.4) is 0 Å². The lowest BCUT2D eigenvalue weighted by molar-refractivity contribution is 1.44. The molecular formula is C10H11BrS. The number of thiol groups is 1. The summed E-state index contributed by atoms with van der Waals surface area (Å²) in [5.74, 6) is 0.778. The highest BCUT2D eigenvalue weighted by Crippen LogP contribution is 2.19. The molecule has 0 fully saturated rings. The molecule has 0 aromatic heterocycles. The van der Waals surface area contributed by atoms with E-state index in [-0.39, 0.29) is 0 Å². The first-order valence-corrected chi connectivity index (χ1v) is 5.20. The lowest BCUT2D eigenvalue weighted by atomic mass is 10.1. The average molecular weight is 243 g/mol. The van der Waals surface area contributed by atoms with E-state index in [1.807, 2.05) is 6.08 Å². The molecule has 0 spiro atoms. The van der Waals surface area contributed by atoms with Crippen LogP contribution in [0, 0.1) is 6.92 Å². The van der Waals surface area contributed by atoms with Crippen molar-refractivity contribution in [2.24, 2.45) is 0 Å². The Kier molecular flexibility index (Phi) is 3.89. The molecule has 0 aliphatic heterocycles. The normalized spacial score (nSPS) is 10.9. The van der Waals surface area contributed by atoms with Gasteiger partial charge in [0.15, 0.2) is 0 Å². The average Bonchev–Trinajstić information content (AvgIpc) is 2.03. The molecule has 12 heavy (non-hydrogen) atoms. The molecule has 0 heterocycles. The molecule has 0 unspecified atom stereocenters. The number of hydrogen-bond acceptors (Lipinski definition) is 1. The zero-order chi connectivity index (χ0) is 8.97. The molecule has 1 aromatic rings. The Morgan fingerprint density at radius 3 is 2.83 bits per heavy atom. The van der Waals surface area contributed by atoms with Crippen LogP contribution in [0.5, 0.6) is 0 Å². The minimum absolute atomic E-state index is 0.778. The van der Waals surface area contributed by atoms with E-state index >= 15 is 0 Å². The van der Waals surface area contributed by atoms with Crippen molar-refractivity contribution >= 4 is 34.6 Å². The van der Waals surface area contributed by atoms with E-state index < -0.39 is 0 Å². The molecule has 0 amide bonds. The predicted molar refractivity (Wildman–Crippen MR) is 61.8 cm³/mol. The summed E-state index contributed by atoms with van der Waals surface area (Å²) in [6.07, 6.45) is 4.09. The van der Waals surface area contributed by atoms with Crippen molar-refractivity contribution in [1.82, 2.24) is 0 Å². The van der Waals surface area contributed by atoms with Gasteiger partial charge >= 0.3 is 0 Å². The van der Waals surface area contributed by atoms with Gasteiger partial charge in [0.2, 0.25) is 0 Å². The third-order valence-corrected chi connectivity index (χ3v) is 2.46. The smallest absolute Gasteiger partial charge is 0.0250 e. The lowest BCUT2D eigenvalue weighted by Crippen LogP contribution is -1.77. The Labute approximate surface area is 87.2 Å². The first kappa shape index (κ1) is 9.87. The van der Waals surface area contributed by atoms with E-state index in [0.29, 0.717) is 0 Å². The van der Waals surface area contributed by atoms with Crippen LogP contribution >= 0.6 is 28.6 Å². The second-order valence-corrected chi connectivity index (χ2v) is 3.83. The molecule has 0 bridgehead atoms. The van der Waals surface area contributed by atoms with Crippen molar-refractivity contribution in [3.8, 4) is 0 Å². The molecular weight excluding hydrogens is 232 g/mol. The number of rotatable bonds is 2. The molecule has 0 radical (unpaired) electrons. The molecule has 0 aliphatic carbocycles. The second-order valence-electron chi connectivity index (χ2n) is 2.61. The van der Waals surface area contributed by atoms with Crippen LogP contribution in [0.25, 0.3) is 6.08 Å². The quantitative estimate of drug-likeness (QED) is 0.752. The van der Waals surface area contributed by atoms with Crippen molar-refractivity contribution in [3.05, 3.63) is 39.9 Å². The standard InChI is InChI=1S/C10H11BrS/c1-8-4-5-9(3-2-6-12)10(11)7-8/h2-5,7,12H,6H2,1H3. The first-order valence-electron chi connectivity index (χ1n) is 3.77. The maximum absolute atomic E-state index is 4.10. The second kappa shape index (κ2) is 4.73. The highest BCUT2D eigenvalue weighted by molar-refractivity contribution is 9.10. The molecule has 0 atom stereocenters. The van der Waals surface area contributed by atoms with Gasteiger partial charge in [0, 0.05) is 10.2 Å². The van der Waals surface area contributed by atoms with Crippen LogP contribution in [0.1, 0.15) is 11.1 Å². The van der Waals surface area contributed by atoms with Crippen LogP contribution in [-0.2, 0) is 0 Å². The van der Waals surface area contributed by atoms with Crippen molar-refractivity contribution in [3.63, 3.8) is 0 Å². The topological polar surface area (TPSA) is 0 Å². The molecule has 0 nitrogen and oxygen atoms in total. The van der Waals surface area contributed by atoms with Gasteiger partial charge in [0.05, 0.1) is 0 Å². The number of aryl methyl sites for hydroxylation is 1. The fourth-order valence-electron chi connectivity index (χ4n) is 0.947. The molecule has 1 aromatic carbocycles. The number of halogens is 1. The van der Waals surface area contributed by atoms with Gasteiger partial charge in [-0.05, 0) is 24.1 Å². The highest BCUT2D eigenvalue weighted by Gasteiger charge is 1.94. The fourth-order valence-corrected chi connectivity index (χ4v) is 1.68. The maximum atomic E-state index is 4.10. The molecule has 0 aliphatic rings. The van der Waals surface area contributed by atoms with Crippen molar-refractivity contribution in [2.75, 3.05) is 5.75 Å². The summed E-state index contributed by atoms with van der Waals surface area (Å²) in [4.78, 5) is 0. The van der Waals surface area contributed by atoms with E-state index in [4.69, 9.17) is 0 Å². The van der Waals surface area contributed by atoms with E-state index in [1.165, 1.54) is 11.1 Å². The lowest BCUT2D eigenvalue weighted by Gasteiger charge is -1.99. The van der Waals surface area contributed by atoms with Crippen LogP contribution < -0.4 is 0 Å². The van der Waals surface area contributed by atoms with Crippen molar-refractivity contribution in [2.45, 2.75) is 6.92 Å². The SMILES string of the molecule is Cc1ccc(C=CCS)c(Br)c1. The molecule has 1 rings (SSSR count). The van der Waals surface area contributed by atoms with Crippen molar-refractivity contribution < 1.29 is 0 Å². The molecule has 0 saturated carbocycles. The Morgan fingerprint density at radius 1 is 1.50 bits per heavy atom. The van der Waals surface area contributed by atoms with Gasteiger partial charge in [0.25, 0.3) is 0 Å². The van der Waals surface area contributed by atoms with Gasteiger partial charge in [-0.2, -0.15) is 12.6 Å². The summed E-state index contributed by atoms with van der Waals surface area (Å²) >= 11 is 7.60. The van der Waals surface area contributed by atoms with Gasteiger partial charge in [0.1, 0.15) is 0 Å². The summed E-state index contributed by atoms with van der Waals surface area (Å²) in [7, 11) is 0. The van der Waals surface area contributed by atoms with Crippen molar-refractivity contribution in [1.29, 1.82) is 0 Å². The van der Waals surface area contributed by atoms with E-state index in [9.17, 15) is 0 Å². The van der Waals surface area contributed by atoms with Gasteiger partial charge in [-0.1, -0.05) is 40.2 Å². The van der Waals surface area contributed by atoms with E-state index in [1.54, 1.807) is 0 Å². The number of hydrogen-bond donors (Lipinski definition) is 1. The van der Waals surface area contributed by atoms with E-state index in [2.05, 4.69) is 59.8 Å². The summed E-state index contributed by atoms with van der Waals surface area (Å²) in [5, 5.41) is 0. The van der Waals surface area contributed by atoms with Gasteiger partial charge in [-0.25, -0.2) is 0 Å². The molecule has 64 valence electrons. The summed E-state index contributed by atoms with van der Waals surface area (Å²) in [6, 6.07) is 6.31. The summed E-state index contributed by atoms with van der Waals surface area (Å²) < 4.78 is 1.14. The Bertz CT molecular complexity index is 292. The van der Waals surface area contributed by atoms with Gasteiger partial charge < -0.3 is 0 Å². The zero-order valence-electron chi connectivity index (χ0n) is 6.92. The zero-order valence-corrected chi connectivity index (χ0v) is 9.40. The van der Waals surface area contributed by atoms with Gasteiger partial charge in [-0.3, -0.25) is 0 Å². The number of benzene rings is 1. The monoisotopic (exact) mass is 242 g/mol. The largest absolute Gasteiger partial charge is 0.175 e. The molecule has 0 N–H and O–H groups in total. The van der Waals surface area contributed by atoms with Gasteiger partial charge in [-0.15, -0.1) is 0 Å². The summed E-state index contributed by atoms with van der Waals surface area (Å²) in [6.45, 7) is 2.08. The third-order valence-electron chi connectivity index (χ3n) is 1.56. The molecule has 2 heteroatoms. The molecule has 0 saturated heterocycles.